The van der Waals surface area contributed by atoms with Crippen LogP contribution in [0.25, 0.3) is 10.8 Å². The Morgan fingerprint density at radius 1 is 1.04 bits per heavy atom. The Balaban J connectivity index is 2.19. The van der Waals surface area contributed by atoms with Crippen molar-refractivity contribution in [1.82, 2.24) is 9.78 Å². The summed E-state index contributed by atoms with van der Waals surface area (Å²) >= 11 is 0. The first-order chi connectivity index (χ1) is 12.3. The number of carbonyl (C=O) groups excluding carboxylic acids is 1. The highest BCUT2D eigenvalue weighted by molar-refractivity contribution is 6.12. The number of amides is 1. The fourth-order valence-corrected chi connectivity index (χ4v) is 3.13. The Morgan fingerprint density at radius 2 is 1.62 bits per heavy atom. The molecule has 0 aliphatic carbocycles. The molecule has 0 bridgehead atoms. The second kappa shape index (κ2) is 6.75. The molecule has 0 aliphatic rings. The number of aromatic nitrogens is 2. The highest BCUT2D eigenvalue weighted by atomic mass is 16.2. The Bertz CT molecular complexity index is 1030. The van der Waals surface area contributed by atoms with Gasteiger partial charge in [-0.15, -0.1) is 0 Å². The minimum absolute atomic E-state index is 0.134. The SMILES string of the molecule is Cc1cc(C)cc(N(C)C(=O)c2nn(C(C)C)c(=O)c3ccccc23)c1. The molecule has 2 aromatic carbocycles. The van der Waals surface area contributed by atoms with Gasteiger partial charge in [-0.1, -0.05) is 24.3 Å². The predicted molar refractivity (Wildman–Crippen MR) is 105 cm³/mol. The summed E-state index contributed by atoms with van der Waals surface area (Å²) in [4.78, 5) is 27.5. The number of aryl methyl sites for hydroxylation is 2. The van der Waals surface area contributed by atoms with Crippen molar-refractivity contribution < 1.29 is 4.79 Å². The number of hydrogen-bond donors (Lipinski definition) is 0. The van der Waals surface area contributed by atoms with E-state index < -0.39 is 0 Å². The van der Waals surface area contributed by atoms with Crippen molar-refractivity contribution in [2.45, 2.75) is 33.7 Å². The maximum Gasteiger partial charge on any atom is 0.279 e. The van der Waals surface area contributed by atoms with Crippen LogP contribution < -0.4 is 10.5 Å². The summed E-state index contributed by atoms with van der Waals surface area (Å²) < 4.78 is 1.38. The number of rotatable bonds is 3. The van der Waals surface area contributed by atoms with E-state index in [4.69, 9.17) is 0 Å². The summed E-state index contributed by atoms with van der Waals surface area (Å²) in [5.74, 6) is -0.236. The van der Waals surface area contributed by atoms with Crippen molar-refractivity contribution >= 4 is 22.4 Å². The molecule has 134 valence electrons. The van der Waals surface area contributed by atoms with E-state index >= 15 is 0 Å². The summed E-state index contributed by atoms with van der Waals surface area (Å²) in [7, 11) is 1.73. The van der Waals surface area contributed by atoms with E-state index in [2.05, 4.69) is 11.2 Å². The summed E-state index contributed by atoms with van der Waals surface area (Å²) in [6.45, 7) is 7.76. The third kappa shape index (κ3) is 3.12. The van der Waals surface area contributed by atoms with Crippen molar-refractivity contribution in [3.05, 3.63) is 69.6 Å². The van der Waals surface area contributed by atoms with E-state index in [1.54, 1.807) is 30.1 Å². The van der Waals surface area contributed by atoms with E-state index in [1.165, 1.54) is 4.68 Å². The second-order valence-electron chi connectivity index (χ2n) is 6.95. The summed E-state index contributed by atoms with van der Waals surface area (Å²) in [6, 6.07) is 13.0. The van der Waals surface area contributed by atoms with Gasteiger partial charge in [-0.3, -0.25) is 9.59 Å². The lowest BCUT2D eigenvalue weighted by Crippen LogP contribution is -2.32. The van der Waals surface area contributed by atoms with Crippen molar-refractivity contribution in [3.63, 3.8) is 0 Å². The van der Waals surface area contributed by atoms with Gasteiger partial charge >= 0.3 is 0 Å². The highest BCUT2D eigenvalue weighted by Crippen LogP contribution is 2.22. The van der Waals surface area contributed by atoms with Crippen LogP contribution in [-0.4, -0.2) is 22.7 Å². The molecule has 0 radical (unpaired) electrons. The lowest BCUT2D eigenvalue weighted by atomic mass is 10.1. The second-order valence-corrected chi connectivity index (χ2v) is 6.95. The topological polar surface area (TPSA) is 55.2 Å². The lowest BCUT2D eigenvalue weighted by Gasteiger charge is -2.20. The zero-order chi connectivity index (χ0) is 19.0. The van der Waals surface area contributed by atoms with Gasteiger partial charge in [0.1, 0.15) is 0 Å². The van der Waals surface area contributed by atoms with Crippen LogP contribution in [0.2, 0.25) is 0 Å². The molecular weight excluding hydrogens is 326 g/mol. The average molecular weight is 349 g/mol. The van der Waals surface area contributed by atoms with Crippen LogP contribution in [0.1, 0.15) is 41.5 Å². The van der Waals surface area contributed by atoms with Gasteiger partial charge in [0.05, 0.1) is 11.4 Å². The maximum absolute atomic E-state index is 13.2. The largest absolute Gasteiger partial charge is 0.310 e. The molecule has 1 heterocycles. The van der Waals surface area contributed by atoms with Crippen LogP contribution in [0, 0.1) is 13.8 Å². The first-order valence-electron chi connectivity index (χ1n) is 8.67. The van der Waals surface area contributed by atoms with Gasteiger partial charge in [-0.05, 0) is 57.0 Å². The van der Waals surface area contributed by atoms with Gasteiger partial charge < -0.3 is 4.90 Å². The van der Waals surface area contributed by atoms with E-state index in [1.807, 2.05) is 45.9 Å². The van der Waals surface area contributed by atoms with Gasteiger partial charge in [0.25, 0.3) is 11.5 Å². The van der Waals surface area contributed by atoms with E-state index in [0.29, 0.717) is 10.8 Å². The molecule has 0 fully saturated rings. The number of hydrogen-bond acceptors (Lipinski definition) is 3. The fraction of sp³-hybridized carbons (Fsp3) is 0.286. The molecule has 3 aromatic rings. The normalized spacial score (nSPS) is 11.2. The molecule has 5 heteroatoms. The standard InChI is InChI=1S/C21H23N3O2/c1-13(2)24-20(25)18-9-7-6-8-17(18)19(22-24)21(26)23(5)16-11-14(3)10-15(4)12-16/h6-13H,1-5H3. The smallest absolute Gasteiger partial charge is 0.279 e. The minimum Gasteiger partial charge on any atom is -0.310 e. The molecule has 0 unspecified atom stereocenters. The molecule has 1 aromatic heterocycles. The monoisotopic (exact) mass is 349 g/mol. The number of nitrogens with zero attached hydrogens (tertiary/aromatic N) is 3. The van der Waals surface area contributed by atoms with Crippen LogP contribution in [0.3, 0.4) is 0 Å². The van der Waals surface area contributed by atoms with Crippen LogP contribution in [0.5, 0.6) is 0 Å². The highest BCUT2D eigenvalue weighted by Gasteiger charge is 2.21. The molecule has 0 atom stereocenters. The van der Waals surface area contributed by atoms with Crippen molar-refractivity contribution in [1.29, 1.82) is 0 Å². The molecule has 0 N–H and O–H groups in total. The Kier molecular flexibility index (Phi) is 4.64. The Morgan fingerprint density at radius 3 is 2.19 bits per heavy atom. The van der Waals surface area contributed by atoms with Gasteiger partial charge in [0.2, 0.25) is 0 Å². The van der Waals surface area contributed by atoms with Gasteiger partial charge in [-0.25, -0.2) is 4.68 Å². The summed E-state index contributed by atoms with van der Waals surface area (Å²) in [5, 5.41) is 5.49. The van der Waals surface area contributed by atoms with Crippen molar-refractivity contribution in [2.75, 3.05) is 11.9 Å². The molecule has 26 heavy (non-hydrogen) atoms. The van der Waals surface area contributed by atoms with Gasteiger partial charge in [-0.2, -0.15) is 5.10 Å². The van der Waals surface area contributed by atoms with Crippen LogP contribution in [0.15, 0.2) is 47.3 Å². The third-order valence-electron chi connectivity index (χ3n) is 4.42. The minimum atomic E-state index is -0.236. The Labute approximate surface area is 152 Å². The van der Waals surface area contributed by atoms with E-state index in [9.17, 15) is 9.59 Å². The first kappa shape index (κ1) is 17.9. The molecule has 3 rings (SSSR count). The quantitative estimate of drug-likeness (QED) is 0.721. The molecule has 0 aliphatic heterocycles. The summed E-state index contributed by atoms with van der Waals surface area (Å²) in [5.41, 5.74) is 3.09. The average Bonchev–Trinajstić information content (AvgIpc) is 2.60. The van der Waals surface area contributed by atoms with Crippen molar-refractivity contribution in [2.24, 2.45) is 0 Å². The molecule has 5 nitrogen and oxygen atoms in total. The number of fused-ring (bicyclic) bond motifs is 1. The number of carbonyl (C=O) groups is 1. The summed E-state index contributed by atoms with van der Waals surface area (Å²) in [6.07, 6.45) is 0. The predicted octanol–water partition coefficient (Wildman–Crippen LogP) is 3.87. The molecular formula is C21H23N3O2. The van der Waals surface area contributed by atoms with Gasteiger partial charge in [0.15, 0.2) is 5.69 Å². The third-order valence-corrected chi connectivity index (χ3v) is 4.42. The van der Waals surface area contributed by atoms with Crippen LogP contribution in [-0.2, 0) is 0 Å². The fourth-order valence-electron chi connectivity index (χ4n) is 3.13. The van der Waals surface area contributed by atoms with E-state index in [0.717, 1.165) is 16.8 Å². The Hall–Kier alpha value is -2.95. The molecule has 0 saturated carbocycles. The molecule has 0 spiro atoms. The zero-order valence-corrected chi connectivity index (χ0v) is 15.8. The van der Waals surface area contributed by atoms with Gasteiger partial charge in [0, 0.05) is 18.1 Å². The lowest BCUT2D eigenvalue weighted by molar-refractivity contribution is 0.0987. The molecule has 0 saturated heterocycles. The van der Waals surface area contributed by atoms with E-state index in [-0.39, 0.29) is 23.2 Å². The zero-order valence-electron chi connectivity index (χ0n) is 15.8. The number of anilines is 1. The molecule has 1 amide bonds. The van der Waals surface area contributed by atoms with Crippen LogP contribution in [0.4, 0.5) is 5.69 Å². The first-order valence-corrected chi connectivity index (χ1v) is 8.67. The van der Waals surface area contributed by atoms with Crippen LogP contribution >= 0.6 is 0 Å². The number of benzene rings is 2. The van der Waals surface area contributed by atoms with Crippen molar-refractivity contribution in [3.8, 4) is 0 Å². The maximum atomic E-state index is 13.2.